The number of amides is 3. The molecular weight excluding hydrogens is 378 g/mol. The molecule has 0 aliphatic rings. The fourth-order valence-corrected chi connectivity index (χ4v) is 2.13. The van der Waals surface area contributed by atoms with Crippen LogP contribution in [0, 0.1) is 0 Å². The number of carboxylic acids is 2. The third-order valence-electron chi connectivity index (χ3n) is 3.59. The summed E-state index contributed by atoms with van der Waals surface area (Å²) in [4.78, 5) is 57.7. The highest BCUT2D eigenvalue weighted by Gasteiger charge is 2.30. The summed E-state index contributed by atoms with van der Waals surface area (Å²) in [5.41, 5.74) is 10.5. The SMILES string of the molecule is NCCCCC(NC(=O)C(CO)NC(=O)CN)C(=O)NC(CC(=O)O)C(=O)O. The van der Waals surface area contributed by atoms with Gasteiger partial charge < -0.3 is 42.7 Å². The molecule has 0 heterocycles. The van der Waals surface area contributed by atoms with Crippen LogP contribution in [-0.2, 0) is 24.0 Å². The summed E-state index contributed by atoms with van der Waals surface area (Å²) < 4.78 is 0. The molecule has 13 heteroatoms. The summed E-state index contributed by atoms with van der Waals surface area (Å²) in [7, 11) is 0. The van der Waals surface area contributed by atoms with Gasteiger partial charge in [-0.2, -0.15) is 0 Å². The number of carbonyl (C=O) groups is 5. The number of aliphatic hydroxyl groups is 1. The molecule has 0 saturated carbocycles. The topological polar surface area (TPSA) is 234 Å². The fourth-order valence-electron chi connectivity index (χ4n) is 2.13. The number of nitrogens with two attached hydrogens (primary N) is 2. The summed E-state index contributed by atoms with van der Waals surface area (Å²) in [6.45, 7) is -0.851. The Morgan fingerprint density at radius 3 is 1.86 bits per heavy atom. The van der Waals surface area contributed by atoms with Crippen molar-refractivity contribution in [3.05, 3.63) is 0 Å². The van der Waals surface area contributed by atoms with Crippen molar-refractivity contribution in [1.82, 2.24) is 16.0 Å². The van der Waals surface area contributed by atoms with Gasteiger partial charge in [0.25, 0.3) is 0 Å². The molecule has 0 spiro atoms. The summed E-state index contributed by atoms with van der Waals surface area (Å²) in [6.07, 6.45) is 0.155. The lowest BCUT2D eigenvalue weighted by Crippen LogP contribution is -2.57. The molecule has 0 aliphatic carbocycles. The molecule has 0 saturated heterocycles. The van der Waals surface area contributed by atoms with Crippen LogP contribution < -0.4 is 27.4 Å². The van der Waals surface area contributed by atoms with Gasteiger partial charge in [-0.3, -0.25) is 19.2 Å². The lowest BCUT2D eigenvalue weighted by Gasteiger charge is -2.23. The minimum atomic E-state index is -1.69. The van der Waals surface area contributed by atoms with E-state index < -0.39 is 67.4 Å². The number of rotatable bonds is 14. The fraction of sp³-hybridized carbons (Fsp3) is 0.667. The quantitative estimate of drug-likeness (QED) is 0.131. The Morgan fingerprint density at radius 2 is 1.39 bits per heavy atom. The standard InChI is InChI=1S/C15H27N5O8/c16-4-2-1-3-8(13(25)20-9(15(27)28)5-12(23)24)19-14(26)10(7-21)18-11(22)6-17/h8-10,21H,1-7,16-17H2,(H,18,22)(H,19,26)(H,20,25)(H,23,24)(H,27,28). The molecule has 0 fully saturated rings. The van der Waals surface area contributed by atoms with Gasteiger partial charge in [0.15, 0.2) is 0 Å². The van der Waals surface area contributed by atoms with Gasteiger partial charge in [0.1, 0.15) is 18.1 Å². The number of aliphatic carboxylic acids is 2. The molecule has 28 heavy (non-hydrogen) atoms. The maximum atomic E-state index is 12.4. The van der Waals surface area contributed by atoms with E-state index in [0.29, 0.717) is 19.4 Å². The van der Waals surface area contributed by atoms with E-state index in [1.54, 1.807) is 0 Å². The third-order valence-corrected chi connectivity index (χ3v) is 3.59. The van der Waals surface area contributed by atoms with Crippen molar-refractivity contribution in [2.45, 2.75) is 43.8 Å². The van der Waals surface area contributed by atoms with Gasteiger partial charge in [-0.15, -0.1) is 0 Å². The first-order chi connectivity index (χ1) is 13.2. The van der Waals surface area contributed by atoms with E-state index in [1.165, 1.54) is 0 Å². The number of carbonyl (C=O) groups excluding carboxylic acids is 3. The van der Waals surface area contributed by atoms with Gasteiger partial charge in [-0.25, -0.2) is 4.79 Å². The van der Waals surface area contributed by atoms with E-state index in [0.717, 1.165) is 0 Å². The summed E-state index contributed by atoms with van der Waals surface area (Å²) in [5, 5.41) is 33.5. The second-order valence-electron chi connectivity index (χ2n) is 5.85. The van der Waals surface area contributed by atoms with Crippen LogP contribution >= 0.6 is 0 Å². The van der Waals surface area contributed by atoms with Crippen LogP contribution in [0.4, 0.5) is 0 Å². The molecule has 0 radical (unpaired) electrons. The summed E-state index contributed by atoms with van der Waals surface area (Å²) >= 11 is 0. The van der Waals surface area contributed by atoms with E-state index in [2.05, 4.69) is 16.0 Å². The Kier molecular flexibility index (Phi) is 12.1. The van der Waals surface area contributed by atoms with Crippen molar-refractivity contribution in [2.75, 3.05) is 19.7 Å². The molecule has 0 rings (SSSR count). The van der Waals surface area contributed by atoms with Crippen LogP contribution in [0.2, 0.25) is 0 Å². The molecule has 160 valence electrons. The van der Waals surface area contributed by atoms with E-state index in [-0.39, 0.29) is 6.42 Å². The highest BCUT2D eigenvalue weighted by molar-refractivity contribution is 5.94. The van der Waals surface area contributed by atoms with Gasteiger partial charge in [0, 0.05) is 0 Å². The maximum absolute atomic E-state index is 12.4. The van der Waals surface area contributed by atoms with Crippen LogP contribution in [-0.4, -0.2) is 82.8 Å². The largest absolute Gasteiger partial charge is 0.481 e. The number of hydrogen-bond acceptors (Lipinski definition) is 8. The monoisotopic (exact) mass is 405 g/mol. The zero-order valence-electron chi connectivity index (χ0n) is 15.2. The van der Waals surface area contributed by atoms with Crippen molar-refractivity contribution < 1.29 is 39.3 Å². The van der Waals surface area contributed by atoms with Crippen LogP contribution in [0.15, 0.2) is 0 Å². The first-order valence-electron chi connectivity index (χ1n) is 8.51. The first kappa shape index (κ1) is 25.2. The average Bonchev–Trinajstić information content (AvgIpc) is 2.63. The average molecular weight is 405 g/mol. The van der Waals surface area contributed by atoms with E-state index in [1.807, 2.05) is 0 Å². The second kappa shape index (κ2) is 13.4. The Bertz CT molecular complexity index is 571. The molecule has 0 aliphatic heterocycles. The van der Waals surface area contributed by atoms with Gasteiger partial charge in [0.2, 0.25) is 17.7 Å². The molecule has 0 aromatic rings. The summed E-state index contributed by atoms with van der Waals surface area (Å²) in [5.74, 6) is -5.48. The molecule has 0 bridgehead atoms. The third kappa shape index (κ3) is 9.80. The van der Waals surface area contributed by atoms with Gasteiger partial charge in [-0.05, 0) is 25.8 Å². The number of carboxylic acid groups (broad SMARTS) is 2. The number of nitrogens with one attached hydrogen (secondary N) is 3. The maximum Gasteiger partial charge on any atom is 0.326 e. The molecule has 13 nitrogen and oxygen atoms in total. The molecule has 10 N–H and O–H groups in total. The minimum Gasteiger partial charge on any atom is -0.481 e. The first-order valence-corrected chi connectivity index (χ1v) is 8.51. The molecule has 3 unspecified atom stereocenters. The van der Waals surface area contributed by atoms with Crippen LogP contribution in [0.3, 0.4) is 0 Å². The molecule has 0 aromatic carbocycles. The Labute approximate surface area is 160 Å². The van der Waals surface area contributed by atoms with Crippen molar-refractivity contribution in [1.29, 1.82) is 0 Å². The number of aliphatic hydroxyl groups excluding tert-OH is 1. The molecule has 0 aromatic heterocycles. The lowest BCUT2D eigenvalue weighted by molar-refractivity contribution is -0.147. The van der Waals surface area contributed by atoms with Crippen molar-refractivity contribution in [3.8, 4) is 0 Å². The normalized spacial score (nSPS) is 13.7. The van der Waals surface area contributed by atoms with Crippen LogP contribution in [0.5, 0.6) is 0 Å². The van der Waals surface area contributed by atoms with E-state index in [9.17, 15) is 29.1 Å². The predicted molar refractivity (Wildman–Crippen MR) is 94.7 cm³/mol. The van der Waals surface area contributed by atoms with Crippen LogP contribution in [0.1, 0.15) is 25.7 Å². The van der Waals surface area contributed by atoms with E-state index >= 15 is 0 Å². The zero-order valence-corrected chi connectivity index (χ0v) is 15.2. The van der Waals surface area contributed by atoms with Crippen molar-refractivity contribution in [2.24, 2.45) is 11.5 Å². The number of unbranched alkanes of at least 4 members (excludes halogenated alkanes) is 1. The Morgan fingerprint density at radius 1 is 0.821 bits per heavy atom. The summed E-state index contributed by atoms with van der Waals surface area (Å²) in [6, 6.07) is -4.28. The lowest BCUT2D eigenvalue weighted by atomic mass is 10.1. The van der Waals surface area contributed by atoms with Gasteiger partial charge in [0.05, 0.1) is 19.6 Å². The Hall–Kier alpha value is -2.77. The van der Waals surface area contributed by atoms with E-state index in [4.69, 9.17) is 21.7 Å². The smallest absolute Gasteiger partial charge is 0.326 e. The van der Waals surface area contributed by atoms with Crippen LogP contribution in [0.25, 0.3) is 0 Å². The molecular formula is C15H27N5O8. The Balaban J connectivity index is 5.19. The molecule has 3 atom stereocenters. The highest BCUT2D eigenvalue weighted by Crippen LogP contribution is 2.04. The second-order valence-corrected chi connectivity index (χ2v) is 5.85. The van der Waals surface area contributed by atoms with Crippen molar-refractivity contribution >= 4 is 29.7 Å². The number of hydrogen-bond donors (Lipinski definition) is 8. The predicted octanol–water partition coefficient (Wildman–Crippen LogP) is -3.92. The van der Waals surface area contributed by atoms with Gasteiger partial charge in [-0.1, -0.05) is 0 Å². The zero-order chi connectivity index (χ0) is 21.7. The highest BCUT2D eigenvalue weighted by atomic mass is 16.4. The van der Waals surface area contributed by atoms with Gasteiger partial charge >= 0.3 is 11.9 Å². The molecule has 3 amide bonds. The van der Waals surface area contributed by atoms with Crippen molar-refractivity contribution in [3.63, 3.8) is 0 Å². The minimum absolute atomic E-state index is 0.0805.